The molecular weight excluding hydrogens is 430 g/mol. The summed E-state index contributed by atoms with van der Waals surface area (Å²) in [4.78, 5) is 16.1. The number of hydrogen-bond acceptors (Lipinski definition) is 9. The van der Waals surface area contributed by atoms with Crippen LogP contribution in [0.1, 0.15) is 12.8 Å². The highest BCUT2D eigenvalue weighted by atomic mass is 16.5. The van der Waals surface area contributed by atoms with Crippen molar-refractivity contribution in [3.8, 4) is 0 Å². The molecule has 0 radical (unpaired) electrons. The normalized spacial score (nSPS) is 61.0. The molecule has 1 heterocycles. The largest absolute Gasteiger partial charge is 0.392 e. The maximum atomic E-state index is 13.9. The number of fused-ring (bicyclic) bond motifs is 2. The summed E-state index contributed by atoms with van der Waals surface area (Å²) in [5.74, 6) is -1.51. The lowest BCUT2D eigenvalue weighted by Crippen LogP contribution is -2.76. The van der Waals surface area contributed by atoms with Crippen LogP contribution in [-0.4, -0.2) is 117 Å². The van der Waals surface area contributed by atoms with Crippen molar-refractivity contribution in [3.63, 3.8) is 0 Å². The zero-order valence-electron chi connectivity index (χ0n) is 20.0. The Morgan fingerprint density at radius 3 is 2.42 bits per heavy atom. The highest BCUT2D eigenvalue weighted by molar-refractivity contribution is 5.90. The summed E-state index contributed by atoms with van der Waals surface area (Å²) >= 11 is 0. The number of ketones is 1. The summed E-state index contributed by atoms with van der Waals surface area (Å²) < 4.78 is 23.7. The van der Waals surface area contributed by atoms with Gasteiger partial charge in [0.1, 0.15) is 11.7 Å². The van der Waals surface area contributed by atoms with E-state index in [4.69, 9.17) is 18.9 Å². The molecule has 0 amide bonds. The van der Waals surface area contributed by atoms with Crippen molar-refractivity contribution >= 4 is 5.78 Å². The molecule has 6 fully saturated rings. The highest BCUT2D eigenvalue weighted by Crippen LogP contribution is 2.78. The number of Topliss-reactive ketones (excluding diaryl/α,β-unsaturated/α-hetero) is 1. The molecule has 9 nitrogen and oxygen atoms in total. The van der Waals surface area contributed by atoms with E-state index in [0.29, 0.717) is 19.6 Å². The van der Waals surface area contributed by atoms with Crippen molar-refractivity contribution in [3.05, 3.63) is 0 Å². The quantitative estimate of drug-likeness (QED) is 0.464. The SMILES string of the molecule is COC[C@]12CN(C)[C@@H]3[C@@H]4[C@H](OC)[C@H]1[C@@]3([C@@H](OC)C[C@H]2O)[C@@H]1C[C@]2(O)[C@H](OC)C(=O)[C@H]4[C@H]1[C@H]2O. The van der Waals surface area contributed by atoms with Crippen LogP contribution < -0.4 is 0 Å². The van der Waals surface area contributed by atoms with Crippen LogP contribution in [-0.2, 0) is 23.7 Å². The predicted octanol–water partition coefficient (Wildman–Crippen LogP) is -1.08. The van der Waals surface area contributed by atoms with Gasteiger partial charge in [0.15, 0.2) is 5.78 Å². The second kappa shape index (κ2) is 6.97. The van der Waals surface area contributed by atoms with Gasteiger partial charge in [-0.25, -0.2) is 0 Å². The molecule has 0 unspecified atom stereocenters. The average molecular weight is 468 g/mol. The summed E-state index contributed by atoms with van der Waals surface area (Å²) in [6.45, 7) is 0.995. The van der Waals surface area contributed by atoms with Gasteiger partial charge in [0.25, 0.3) is 0 Å². The molecule has 186 valence electrons. The highest BCUT2D eigenvalue weighted by Gasteiger charge is 2.87. The molecule has 6 rings (SSSR count). The average Bonchev–Trinajstić information content (AvgIpc) is 3.11. The Kier molecular flexibility index (Phi) is 4.82. The molecule has 9 heteroatoms. The Labute approximate surface area is 194 Å². The van der Waals surface area contributed by atoms with E-state index in [9.17, 15) is 20.1 Å². The Bertz CT molecular complexity index is 856. The fraction of sp³-hybridized carbons (Fsp3) is 0.958. The van der Waals surface area contributed by atoms with Crippen molar-refractivity contribution in [1.29, 1.82) is 0 Å². The summed E-state index contributed by atoms with van der Waals surface area (Å²) in [7, 11) is 8.52. The van der Waals surface area contributed by atoms with Crippen LogP contribution in [0.5, 0.6) is 0 Å². The number of rotatable bonds is 5. The number of aliphatic hydroxyl groups is 3. The fourth-order valence-corrected chi connectivity index (χ4v) is 10.7. The molecular formula is C24H37NO8. The first-order valence-corrected chi connectivity index (χ1v) is 12.1. The van der Waals surface area contributed by atoms with Crippen molar-refractivity contribution in [1.82, 2.24) is 4.90 Å². The van der Waals surface area contributed by atoms with Crippen molar-refractivity contribution in [2.24, 2.45) is 40.4 Å². The van der Waals surface area contributed by atoms with Gasteiger partial charge >= 0.3 is 0 Å². The van der Waals surface area contributed by atoms with Crippen molar-refractivity contribution in [2.45, 2.75) is 55.0 Å². The molecule has 1 spiro atoms. The van der Waals surface area contributed by atoms with Gasteiger partial charge in [-0.05, 0) is 19.4 Å². The topological polar surface area (TPSA) is 118 Å². The lowest BCUT2D eigenvalue weighted by atomic mass is 9.43. The van der Waals surface area contributed by atoms with Gasteiger partial charge in [-0.3, -0.25) is 4.79 Å². The van der Waals surface area contributed by atoms with Gasteiger partial charge in [-0.15, -0.1) is 0 Å². The van der Waals surface area contributed by atoms with Crippen LogP contribution in [0.25, 0.3) is 0 Å². The number of carbonyl (C=O) groups is 1. The van der Waals surface area contributed by atoms with E-state index in [-0.39, 0.29) is 48.2 Å². The summed E-state index contributed by atoms with van der Waals surface area (Å²) in [6, 6.07) is -0.0322. The number of aliphatic hydroxyl groups excluding tert-OH is 2. The zero-order valence-corrected chi connectivity index (χ0v) is 20.0. The molecule has 6 aliphatic rings. The smallest absolute Gasteiger partial charge is 0.168 e. The first-order valence-electron chi connectivity index (χ1n) is 12.1. The first-order chi connectivity index (χ1) is 15.7. The van der Waals surface area contributed by atoms with Gasteiger partial charge in [0.05, 0.1) is 31.0 Å². The van der Waals surface area contributed by atoms with E-state index in [1.54, 1.807) is 21.3 Å². The van der Waals surface area contributed by atoms with E-state index < -0.39 is 46.6 Å². The summed E-state index contributed by atoms with van der Waals surface area (Å²) in [6.07, 6.45) is -2.66. The second-order valence-electron chi connectivity index (χ2n) is 11.6. The van der Waals surface area contributed by atoms with Crippen molar-refractivity contribution in [2.75, 3.05) is 48.6 Å². The number of nitrogens with zero attached hydrogens (tertiary/aromatic N) is 1. The Hall–Kier alpha value is -0.650. The molecule has 5 saturated carbocycles. The monoisotopic (exact) mass is 467 g/mol. The van der Waals surface area contributed by atoms with Crippen molar-refractivity contribution < 1.29 is 39.1 Å². The number of methoxy groups -OCH3 is 4. The van der Waals surface area contributed by atoms with Gasteiger partial charge in [-0.2, -0.15) is 0 Å². The molecule has 0 aromatic carbocycles. The third-order valence-corrected chi connectivity index (χ3v) is 11.0. The summed E-state index contributed by atoms with van der Waals surface area (Å²) in [5.41, 5.74) is -2.72. The van der Waals surface area contributed by atoms with Gasteiger partial charge < -0.3 is 39.2 Å². The fourth-order valence-electron chi connectivity index (χ4n) is 10.7. The molecule has 1 saturated heterocycles. The minimum absolute atomic E-state index is 0.0322. The van der Waals surface area contributed by atoms with Crippen LogP contribution in [0, 0.1) is 40.4 Å². The lowest BCUT2D eigenvalue weighted by Gasteiger charge is -2.68. The number of hydrogen-bond donors (Lipinski definition) is 3. The van der Waals surface area contributed by atoms with E-state index in [1.807, 2.05) is 0 Å². The third-order valence-electron chi connectivity index (χ3n) is 11.0. The van der Waals surface area contributed by atoms with Gasteiger partial charge in [0.2, 0.25) is 0 Å². The molecule has 5 aliphatic carbocycles. The van der Waals surface area contributed by atoms with Gasteiger partial charge in [0, 0.05) is 81.9 Å². The maximum absolute atomic E-state index is 13.9. The predicted molar refractivity (Wildman–Crippen MR) is 114 cm³/mol. The standard InChI is InChI=1S/C24H37NO8/c1-25-8-22(9-30-2)11(26)6-12(31-3)24-10-7-23(29)20(28)13(10)14(16(27)21(23)33-5)15(19(24)25)17(32-4)18(22)24/h10-15,17-21,26,28-29H,6-9H2,1-5H3/t10-,11-,12+,13+,14+,15+,17+,18-,19-,20-,21-,22+,23-,24+/m1/s1. The lowest BCUT2D eigenvalue weighted by molar-refractivity contribution is -0.277. The number of carbonyl (C=O) groups excluding carboxylic acids is 1. The van der Waals surface area contributed by atoms with Crippen LogP contribution in [0.15, 0.2) is 0 Å². The molecule has 7 bridgehead atoms. The molecule has 14 atom stereocenters. The van der Waals surface area contributed by atoms with E-state index in [1.165, 1.54) is 7.11 Å². The Morgan fingerprint density at radius 2 is 1.82 bits per heavy atom. The molecule has 0 aromatic heterocycles. The minimum Gasteiger partial charge on any atom is -0.392 e. The first kappa shape index (κ1) is 22.8. The molecule has 3 N–H and O–H groups in total. The molecule has 0 aromatic rings. The Morgan fingerprint density at radius 1 is 1.09 bits per heavy atom. The number of likely N-dealkylation sites (tertiary alicyclic amines) is 1. The molecule has 1 aliphatic heterocycles. The Balaban J connectivity index is 1.65. The van der Waals surface area contributed by atoms with Crippen LogP contribution >= 0.6 is 0 Å². The molecule has 33 heavy (non-hydrogen) atoms. The van der Waals surface area contributed by atoms with Gasteiger partial charge in [-0.1, -0.05) is 0 Å². The summed E-state index contributed by atoms with van der Waals surface area (Å²) in [5, 5.41) is 34.7. The van der Waals surface area contributed by atoms with Crippen LogP contribution in [0.3, 0.4) is 0 Å². The van der Waals surface area contributed by atoms with E-state index in [0.717, 1.165) is 0 Å². The van der Waals surface area contributed by atoms with E-state index in [2.05, 4.69) is 11.9 Å². The zero-order chi connectivity index (χ0) is 23.7. The maximum Gasteiger partial charge on any atom is 0.168 e. The number of ether oxygens (including phenoxy) is 4. The van der Waals surface area contributed by atoms with Crippen LogP contribution in [0.2, 0.25) is 0 Å². The van der Waals surface area contributed by atoms with E-state index >= 15 is 0 Å². The number of piperidine rings is 1. The minimum atomic E-state index is -1.62. The third kappa shape index (κ3) is 2.18. The second-order valence-corrected chi connectivity index (χ2v) is 11.6. The van der Waals surface area contributed by atoms with Crippen LogP contribution in [0.4, 0.5) is 0 Å².